The minimum atomic E-state index is -1.05. The molecule has 2 aromatic heterocycles. The van der Waals surface area contributed by atoms with Gasteiger partial charge in [-0.15, -0.1) is 0 Å². The summed E-state index contributed by atoms with van der Waals surface area (Å²) in [6.07, 6.45) is -0.545. The van der Waals surface area contributed by atoms with Gasteiger partial charge in [0.25, 0.3) is 0 Å². The lowest BCUT2D eigenvalue weighted by molar-refractivity contribution is 0.0521. The van der Waals surface area contributed by atoms with Crippen molar-refractivity contribution >= 4 is 39.0 Å². The molecule has 2 heterocycles. The average Bonchev–Trinajstić information content (AvgIpc) is 2.81. The van der Waals surface area contributed by atoms with Crippen LogP contribution < -0.4 is 5.32 Å². The molecule has 0 aromatic carbocycles. The van der Waals surface area contributed by atoms with Crippen molar-refractivity contribution in [2.24, 2.45) is 0 Å². The molecule has 2 rings (SSSR count). The largest absolute Gasteiger partial charge is 0.477 e. The van der Waals surface area contributed by atoms with E-state index in [-0.39, 0.29) is 18.3 Å². The SMILES string of the molecule is CC(CNC(=O)OC(C)(C)C)n1c(C(=O)O)cc2ccc(Br)nc21. The number of alkyl carbamates (subject to hydrolysis) is 1. The summed E-state index contributed by atoms with van der Waals surface area (Å²) < 4.78 is 7.40. The van der Waals surface area contributed by atoms with Crippen LogP contribution in [0.1, 0.15) is 44.2 Å². The van der Waals surface area contributed by atoms with Crippen LogP contribution in [0.15, 0.2) is 22.8 Å². The molecule has 1 unspecified atom stereocenters. The number of nitrogens with zero attached hydrogens (tertiary/aromatic N) is 2. The predicted molar refractivity (Wildman–Crippen MR) is 93.3 cm³/mol. The van der Waals surface area contributed by atoms with Gasteiger partial charge in [-0.3, -0.25) is 0 Å². The molecule has 0 saturated carbocycles. The lowest BCUT2D eigenvalue weighted by atomic mass is 10.2. The molecule has 24 heavy (non-hydrogen) atoms. The van der Waals surface area contributed by atoms with E-state index < -0.39 is 17.7 Å². The van der Waals surface area contributed by atoms with Crippen LogP contribution in [0.25, 0.3) is 11.0 Å². The molecule has 0 aliphatic carbocycles. The molecule has 130 valence electrons. The van der Waals surface area contributed by atoms with Gasteiger partial charge in [-0.05, 0) is 61.8 Å². The summed E-state index contributed by atoms with van der Waals surface area (Å²) in [4.78, 5) is 27.7. The molecule has 0 saturated heterocycles. The quantitative estimate of drug-likeness (QED) is 0.768. The summed E-state index contributed by atoms with van der Waals surface area (Å²) >= 11 is 3.30. The molecule has 0 fully saturated rings. The zero-order valence-electron chi connectivity index (χ0n) is 14.0. The van der Waals surface area contributed by atoms with Gasteiger partial charge >= 0.3 is 12.1 Å². The first kappa shape index (κ1) is 18.3. The van der Waals surface area contributed by atoms with Crippen LogP contribution in [0.5, 0.6) is 0 Å². The van der Waals surface area contributed by atoms with E-state index >= 15 is 0 Å². The number of carboxylic acids is 1. The Morgan fingerprint density at radius 3 is 2.67 bits per heavy atom. The van der Waals surface area contributed by atoms with Crippen molar-refractivity contribution in [2.75, 3.05) is 6.54 Å². The smallest absolute Gasteiger partial charge is 0.407 e. The number of fused-ring (bicyclic) bond motifs is 1. The fraction of sp³-hybridized carbons (Fsp3) is 0.438. The highest BCUT2D eigenvalue weighted by Crippen LogP contribution is 2.24. The highest BCUT2D eigenvalue weighted by Gasteiger charge is 2.22. The second kappa shape index (κ2) is 6.80. The number of halogens is 1. The minimum absolute atomic E-state index is 0.120. The van der Waals surface area contributed by atoms with Gasteiger partial charge in [0, 0.05) is 11.9 Å². The van der Waals surface area contributed by atoms with Crippen LogP contribution in [0, 0.1) is 0 Å². The second-order valence-corrected chi connectivity index (χ2v) is 7.30. The van der Waals surface area contributed by atoms with Crippen LogP contribution in [-0.4, -0.2) is 38.9 Å². The normalized spacial score (nSPS) is 12.9. The van der Waals surface area contributed by atoms with E-state index in [1.807, 2.05) is 6.92 Å². The number of hydrogen-bond acceptors (Lipinski definition) is 4. The fourth-order valence-electron chi connectivity index (χ4n) is 2.32. The standard InChI is InChI=1S/C16H20BrN3O4/c1-9(8-18-15(23)24-16(2,3)4)20-11(14(21)22)7-10-5-6-12(17)19-13(10)20/h5-7,9H,8H2,1-4H3,(H,18,23)(H,21,22). The first-order chi connectivity index (χ1) is 11.1. The average molecular weight is 398 g/mol. The molecule has 8 heteroatoms. The number of aromatic carboxylic acids is 1. The number of amides is 1. The number of pyridine rings is 1. The highest BCUT2D eigenvalue weighted by atomic mass is 79.9. The Bertz CT molecular complexity index is 779. The van der Waals surface area contributed by atoms with Crippen molar-refractivity contribution in [3.63, 3.8) is 0 Å². The summed E-state index contributed by atoms with van der Waals surface area (Å²) in [6.45, 7) is 7.36. The van der Waals surface area contributed by atoms with E-state index in [1.54, 1.807) is 43.5 Å². The maximum atomic E-state index is 11.8. The highest BCUT2D eigenvalue weighted by molar-refractivity contribution is 9.10. The number of carboxylic acid groups (broad SMARTS) is 1. The predicted octanol–water partition coefficient (Wildman–Crippen LogP) is 3.58. The van der Waals surface area contributed by atoms with E-state index in [2.05, 4.69) is 26.2 Å². The van der Waals surface area contributed by atoms with E-state index in [0.29, 0.717) is 10.3 Å². The third-order valence-electron chi connectivity index (χ3n) is 3.25. The number of aromatic nitrogens is 2. The Labute approximate surface area is 148 Å². The topological polar surface area (TPSA) is 93.5 Å². The van der Waals surface area contributed by atoms with Gasteiger partial charge < -0.3 is 19.7 Å². The summed E-state index contributed by atoms with van der Waals surface area (Å²) in [5, 5.41) is 12.8. The van der Waals surface area contributed by atoms with Crippen molar-refractivity contribution in [3.8, 4) is 0 Å². The maximum absolute atomic E-state index is 11.8. The Kier molecular flexibility index (Phi) is 5.17. The molecule has 0 aliphatic heterocycles. The number of hydrogen-bond donors (Lipinski definition) is 2. The van der Waals surface area contributed by atoms with Crippen LogP contribution >= 0.6 is 15.9 Å². The van der Waals surface area contributed by atoms with E-state index in [0.717, 1.165) is 5.39 Å². The lowest BCUT2D eigenvalue weighted by Gasteiger charge is -2.22. The number of ether oxygens (including phenoxy) is 1. The second-order valence-electron chi connectivity index (χ2n) is 6.48. The molecule has 0 aliphatic rings. The number of carbonyl (C=O) groups excluding carboxylic acids is 1. The molecular weight excluding hydrogens is 378 g/mol. The van der Waals surface area contributed by atoms with Gasteiger partial charge in [0.2, 0.25) is 0 Å². The van der Waals surface area contributed by atoms with Crippen LogP contribution in [0.3, 0.4) is 0 Å². The van der Waals surface area contributed by atoms with Gasteiger partial charge in [0.05, 0.1) is 6.04 Å². The summed E-state index contributed by atoms with van der Waals surface area (Å²) in [5.74, 6) is -1.05. The monoisotopic (exact) mass is 397 g/mol. The third kappa shape index (κ3) is 4.25. The summed E-state index contributed by atoms with van der Waals surface area (Å²) in [5.41, 5.74) is 0.0703. The van der Waals surface area contributed by atoms with Gasteiger partial charge in [0.15, 0.2) is 0 Å². The minimum Gasteiger partial charge on any atom is -0.477 e. The van der Waals surface area contributed by atoms with Crippen molar-refractivity contribution in [3.05, 3.63) is 28.5 Å². The van der Waals surface area contributed by atoms with E-state index in [4.69, 9.17) is 4.74 Å². The van der Waals surface area contributed by atoms with Gasteiger partial charge in [-0.1, -0.05) is 0 Å². The number of nitrogens with one attached hydrogen (secondary N) is 1. The molecule has 2 aromatic rings. The molecule has 1 amide bonds. The van der Waals surface area contributed by atoms with Crippen LogP contribution in [0.2, 0.25) is 0 Å². The molecule has 0 bridgehead atoms. The first-order valence-electron chi connectivity index (χ1n) is 7.46. The molecule has 0 spiro atoms. The van der Waals surface area contributed by atoms with Crippen molar-refractivity contribution in [2.45, 2.75) is 39.3 Å². The summed E-state index contributed by atoms with van der Waals surface area (Å²) in [7, 11) is 0. The zero-order valence-corrected chi connectivity index (χ0v) is 15.5. The Morgan fingerprint density at radius 2 is 2.08 bits per heavy atom. The lowest BCUT2D eigenvalue weighted by Crippen LogP contribution is -2.35. The molecule has 1 atom stereocenters. The maximum Gasteiger partial charge on any atom is 0.407 e. The molecular formula is C16H20BrN3O4. The number of carbonyl (C=O) groups is 2. The first-order valence-corrected chi connectivity index (χ1v) is 8.25. The van der Waals surface area contributed by atoms with E-state index in [9.17, 15) is 14.7 Å². The van der Waals surface area contributed by atoms with Crippen molar-refractivity contribution in [1.82, 2.24) is 14.9 Å². The molecule has 2 N–H and O–H groups in total. The Morgan fingerprint density at radius 1 is 1.42 bits per heavy atom. The molecule has 7 nitrogen and oxygen atoms in total. The third-order valence-corrected chi connectivity index (χ3v) is 3.69. The van der Waals surface area contributed by atoms with Gasteiger partial charge in [0.1, 0.15) is 21.5 Å². The van der Waals surface area contributed by atoms with Crippen LogP contribution in [-0.2, 0) is 4.74 Å². The number of rotatable bonds is 4. The van der Waals surface area contributed by atoms with E-state index in [1.165, 1.54) is 0 Å². The van der Waals surface area contributed by atoms with Crippen LogP contribution in [0.4, 0.5) is 4.79 Å². The van der Waals surface area contributed by atoms with Gasteiger partial charge in [-0.25, -0.2) is 14.6 Å². The Hall–Kier alpha value is -2.09. The Balaban J connectivity index is 2.26. The van der Waals surface area contributed by atoms with Crippen molar-refractivity contribution < 1.29 is 19.4 Å². The zero-order chi connectivity index (χ0) is 18.1. The van der Waals surface area contributed by atoms with Gasteiger partial charge in [-0.2, -0.15) is 0 Å². The molecule has 0 radical (unpaired) electrons. The van der Waals surface area contributed by atoms with Crippen molar-refractivity contribution in [1.29, 1.82) is 0 Å². The summed E-state index contributed by atoms with van der Waals surface area (Å²) in [6, 6.07) is 4.80. The fourth-order valence-corrected chi connectivity index (χ4v) is 2.62.